The number of hydrogen-bond acceptors (Lipinski definition) is 3. The molecule has 0 radical (unpaired) electrons. The first-order chi connectivity index (χ1) is 13.0. The fraction of sp³-hybridized carbons (Fsp3) is 0.682. The Hall–Kier alpha value is -1.27. The lowest BCUT2D eigenvalue weighted by Gasteiger charge is -2.42. The summed E-state index contributed by atoms with van der Waals surface area (Å²) in [6.45, 7) is 12.9. The van der Waals surface area contributed by atoms with E-state index in [1.54, 1.807) is 30.3 Å². The van der Waals surface area contributed by atoms with Crippen LogP contribution >= 0.6 is 0 Å². The van der Waals surface area contributed by atoms with Gasteiger partial charge in [0.25, 0.3) is 0 Å². The van der Waals surface area contributed by atoms with Crippen molar-refractivity contribution in [1.29, 1.82) is 0 Å². The van der Waals surface area contributed by atoms with Gasteiger partial charge in [-0.15, -0.1) is 0 Å². The minimum Gasteiger partial charge on any atom is -0.462 e. The zero-order valence-electron chi connectivity index (χ0n) is 18.1. The molecule has 0 aliphatic heterocycles. The van der Waals surface area contributed by atoms with Crippen LogP contribution in [0.2, 0.25) is 16.6 Å². The number of halogens is 2. The molecule has 160 valence electrons. The maximum atomic E-state index is 14.2. The van der Waals surface area contributed by atoms with E-state index in [0.717, 1.165) is 0 Å². The summed E-state index contributed by atoms with van der Waals surface area (Å²) < 4.78 is 39.8. The third-order valence-electron chi connectivity index (χ3n) is 5.46. The minimum atomic E-state index is -2.82. The van der Waals surface area contributed by atoms with E-state index >= 15 is 0 Å². The molecule has 3 nitrogen and oxygen atoms in total. The predicted molar refractivity (Wildman–Crippen MR) is 113 cm³/mol. The van der Waals surface area contributed by atoms with E-state index in [1.165, 1.54) is 0 Å². The van der Waals surface area contributed by atoms with Crippen molar-refractivity contribution >= 4 is 14.3 Å². The Morgan fingerprint density at radius 2 is 1.46 bits per heavy atom. The van der Waals surface area contributed by atoms with Gasteiger partial charge in [0.2, 0.25) is 5.92 Å². The van der Waals surface area contributed by atoms with Crippen molar-refractivity contribution in [3.8, 4) is 0 Å². The lowest BCUT2D eigenvalue weighted by atomic mass is 10.1. The van der Waals surface area contributed by atoms with Crippen molar-refractivity contribution in [3.05, 3.63) is 35.9 Å². The number of hydrogen-bond donors (Lipinski definition) is 0. The molecule has 0 unspecified atom stereocenters. The van der Waals surface area contributed by atoms with Crippen LogP contribution in [0.3, 0.4) is 0 Å². The number of carbonyl (C=O) groups is 1. The molecule has 0 saturated carbocycles. The Morgan fingerprint density at radius 3 is 1.96 bits per heavy atom. The summed E-state index contributed by atoms with van der Waals surface area (Å²) in [6, 6.07) is 8.55. The molecular formula is C22H36F2O3Si. The van der Waals surface area contributed by atoms with Crippen molar-refractivity contribution in [2.45, 2.75) is 83.4 Å². The summed E-state index contributed by atoms with van der Waals surface area (Å²) in [5.41, 5.74) is 1.55. The summed E-state index contributed by atoms with van der Waals surface area (Å²) in [5, 5.41) is 0. The summed E-state index contributed by atoms with van der Waals surface area (Å²) in [6.07, 6.45) is -0.467. The van der Waals surface area contributed by atoms with Crippen LogP contribution in [0.5, 0.6) is 0 Å². The van der Waals surface area contributed by atoms with Gasteiger partial charge >= 0.3 is 5.97 Å². The highest BCUT2D eigenvalue weighted by Gasteiger charge is 2.45. The summed E-state index contributed by atoms with van der Waals surface area (Å²) >= 11 is 0. The highest BCUT2D eigenvalue weighted by atomic mass is 28.4. The zero-order valence-corrected chi connectivity index (χ0v) is 19.1. The number of esters is 1. The number of benzene rings is 1. The third kappa shape index (κ3) is 6.96. The van der Waals surface area contributed by atoms with Crippen LogP contribution in [-0.2, 0) is 9.16 Å². The van der Waals surface area contributed by atoms with Crippen LogP contribution in [0.4, 0.5) is 8.78 Å². The first-order valence-electron chi connectivity index (χ1n) is 10.3. The van der Waals surface area contributed by atoms with Gasteiger partial charge in [-0.1, -0.05) is 59.7 Å². The lowest BCUT2D eigenvalue weighted by molar-refractivity contribution is -0.0339. The van der Waals surface area contributed by atoms with Crippen molar-refractivity contribution < 1.29 is 22.7 Å². The average molecular weight is 415 g/mol. The van der Waals surface area contributed by atoms with Crippen LogP contribution < -0.4 is 0 Å². The molecule has 1 rings (SSSR count). The third-order valence-corrected chi connectivity index (χ3v) is 11.6. The molecule has 0 amide bonds. The molecule has 6 heteroatoms. The molecule has 0 spiro atoms. The molecule has 0 atom stereocenters. The molecule has 0 fully saturated rings. The highest BCUT2D eigenvalue weighted by molar-refractivity contribution is 6.77. The van der Waals surface area contributed by atoms with Gasteiger partial charge in [-0.3, -0.25) is 0 Å². The maximum absolute atomic E-state index is 14.2. The summed E-state index contributed by atoms with van der Waals surface area (Å²) in [4.78, 5) is 11.8. The Kier molecular flexibility index (Phi) is 9.77. The van der Waals surface area contributed by atoms with Gasteiger partial charge in [0, 0.05) is 19.4 Å². The normalized spacial score (nSPS) is 12.8. The second kappa shape index (κ2) is 11.1. The molecule has 1 aromatic carbocycles. The van der Waals surface area contributed by atoms with E-state index in [-0.39, 0.29) is 32.5 Å². The lowest BCUT2D eigenvalue weighted by Crippen LogP contribution is -2.48. The quantitative estimate of drug-likeness (QED) is 0.213. The van der Waals surface area contributed by atoms with Crippen LogP contribution in [0.15, 0.2) is 30.3 Å². The molecule has 28 heavy (non-hydrogen) atoms. The minimum absolute atomic E-state index is 0.00710. The number of carbonyl (C=O) groups excluding carboxylic acids is 1. The van der Waals surface area contributed by atoms with E-state index in [9.17, 15) is 13.6 Å². The van der Waals surface area contributed by atoms with Gasteiger partial charge in [0.15, 0.2) is 8.32 Å². The Bertz CT molecular complexity index is 567. The number of ether oxygens (including phenoxy) is 1. The first-order valence-corrected chi connectivity index (χ1v) is 12.4. The van der Waals surface area contributed by atoms with Crippen LogP contribution in [0.1, 0.15) is 71.2 Å². The topological polar surface area (TPSA) is 35.5 Å². The monoisotopic (exact) mass is 414 g/mol. The molecule has 0 aromatic heterocycles. The molecule has 0 saturated heterocycles. The Balaban J connectivity index is 2.44. The average Bonchev–Trinajstić information content (AvgIpc) is 2.62. The van der Waals surface area contributed by atoms with Gasteiger partial charge < -0.3 is 9.16 Å². The van der Waals surface area contributed by atoms with Gasteiger partial charge in [-0.25, -0.2) is 13.6 Å². The molecule has 0 heterocycles. The van der Waals surface area contributed by atoms with E-state index in [0.29, 0.717) is 22.2 Å². The standard InChI is InChI=1S/C22H36F2O3Si/c1-17(2)28(18(3)4,19(5)6)27-16-14-22(23,24)13-10-15-26-21(25)20-11-8-7-9-12-20/h7-9,11-12,17-19H,10,13-16H2,1-6H3. The Morgan fingerprint density at radius 1 is 0.929 bits per heavy atom. The molecular weight excluding hydrogens is 378 g/mol. The van der Waals surface area contributed by atoms with Gasteiger partial charge in [-0.2, -0.15) is 0 Å². The van der Waals surface area contributed by atoms with E-state index in [2.05, 4.69) is 41.5 Å². The van der Waals surface area contributed by atoms with Gasteiger partial charge in [-0.05, 0) is 35.2 Å². The molecule has 0 aliphatic carbocycles. The van der Waals surface area contributed by atoms with Crippen LogP contribution in [0.25, 0.3) is 0 Å². The molecule has 0 bridgehead atoms. The SMILES string of the molecule is CC(C)[Si](OCCC(F)(F)CCCOC(=O)c1ccccc1)(C(C)C)C(C)C. The number of alkyl halides is 2. The van der Waals surface area contributed by atoms with Crippen molar-refractivity contribution in [3.63, 3.8) is 0 Å². The van der Waals surface area contributed by atoms with Crippen molar-refractivity contribution in [2.24, 2.45) is 0 Å². The second-order valence-electron chi connectivity index (χ2n) is 8.38. The summed E-state index contributed by atoms with van der Waals surface area (Å²) in [7, 11) is -2.12. The smallest absolute Gasteiger partial charge is 0.338 e. The zero-order chi connectivity index (χ0) is 21.4. The van der Waals surface area contributed by atoms with Crippen LogP contribution in [0, 0.1) is 0 Å². The second-order valence-corrected chi connectivity index (χ2v) is 13.8. The molecule has 0 aliphatic rings. The Labute approximate surface area is 169 Å². The largest absolute Gasteiger partial charge is 0.462 e. The van der Waals surface area contributed by atoms with E-state index in [1.807, 2.05) is 0 Å². The van der Waals surface area contributed by atoms with Crippen LogP contribution in [-0.4, -0.2) is 33.4 Å². The van der Waals surface area contributed by atoms with Crippen molar-refractivity contribution in [1.82, 2.24) is 0 Å². The van der Waals surface area contributed by atoms with Gasteiger partial charge in [0.1, 0.15) is 0 Å². The highest BCUT2D eigenvalue weighted by Crippen LogP contribution is 2.42. The van der Waals surface area contributed by atoms with Gasteiger partial charge in [0.05, 0.1) is 12.2 Å². The number of rotatable bonds is 12. The van der Waals surface area contributed by atoms with Crippen molar-refractivity contribution in [2.75, 3.05) is 13.2 Å². The maximum Gasteiger partial charge on any atom is 0.338 e. The fourth-order valence-electron chi connectivity index (χ4n) is 4.16. The van der Waals surface area contributed by atoms with E-state index in [4.69, 9.17) is 9.16 Å². The summed E-state index contributed by atoms with van der Waals surface area (Å²) in [5.74, 6) is -3.29. The first kappa shape index (κ1) is 24.8. The predicted octanol–water partition coefficient (Wildman–Crippen LogP) is 6.84. The fourth-order valence-corrected chi connectivity index (χ4v) is 9.61. The van der Waals surface area contributed by atoms with E-state index < -0.39 is 20.2 Å². The molecule has 0 N–H and O–H groups in total. The molecule has 1 aromatic rings.